The molecule has 0 saturated heterocycles. The van der Waals surface area contributed by atoms with E-state index in [-0.39, 0.29) is 29.2 Å². The summed E-state index contributed by atoms with van der Waals surface area (Å²) in [5.41, 5.74) is -0.00462. The van der Waals surface area contributed by atoms with Crippen LogP contribution in [-0.2, 0) is 22.7 Å². The second-order valence-electron chi connectivity index (χ2n) is 7.20. The predicted molar refractivity (Wildman–Crippen MR) is 108 cm³/mol. The van der Waals surface area contributed by atoms with Gasteiger partial charge in [0, 0.05) is 11.6 Å². The first-order chi connectivity index (χ1) is 15.2. The topological polar surface area (TPSA) is 106 Å². The molecule has 1 aliphatic carbocycles. The summed E-state index contributed by atoms with van der Waals surface area (Å²) in [5, 5.41) is 6.78. The maximum atomic E-state index is 12.7. The smallest absolute Gasteiger partial charge is 0.416 e. The van der Waals surface area contributed by atoms with E-state index in [0.29, 0.717) is 17.0 Å². The van der Waals surface area contributed by atoms with E-state index in [1.807, 2.05) is 0 Å². The maximum absolute atomic E-state index is 12.7. The quantitative estimate of drug-likeness (QED) is 0.518. The molecule has 0 spiro atoms. The van der Waals surface area contributed by atoms with Gasteiger partial charge >= 0.3 is 6.18 Å². The summed E-state index contributed by atoms with van der Waals surface area (Å²) in [6.45, 7) is 0.0452. The van der Waals surface area contributed by atoms with Gasteiger partial charge in [0.1, 0.15) is 5.75 Å². The van der Waals surface area contributed by atoms with E-state index in [4.69, 9.17) is 9.26 Å². The fourth-order valence-electron chi connectivity index (χ4n) is 2.90. The van der Waals surface area contributed by atoms with Gasteiger partial charge in [0.25, 0.3) is 0 Å². The van der Waals surface area contributed by atoms with E-state index in [2.05, 4.69) is 20.2 Å². The van der Waals surface area contributed by atoms with Crippen molar-refractivity contribution in [2.45, 2.75) is 36.5 Å². The summed E-state index contributed by atoms with van der Waals surface area (Å²) >= 11 is 0. The van der Waals surface area contributed by atoms with Crippen LogP contribution in [0.25, 0.3) is 11.4 Å². The molecule has 0 bridgehead atoms. The molecule has 32 heavy (non-hydrogen) atoms. The molecule has 1 aromatic heterocycles. The zero-order valence-electron chi connectivity index (χ0n) is 16.8. The number of ether oxygens (including phenoxy) is 1. The van der Waals surface area contributed by atoms with Crippen LogP contribution in [0.15, 0.2) is 51.9 Å². The molecule has 0 atom stereocenters. The lowest BCUT2D eigenvalue weighted by Crippen LogP contribution is -2.25. The van der Waals surface area contributed by atoms with E-state index < -0.39 is 21.8 Å². The van der Waals surface area contributed by atoms with Crippen molar-refractivity contribution in [3.63, 3.8) is 0 Å². The second kappa shape index (κ2) is 8.43. The predicted octanol–water partition coefficient (Wildman–Crippen LogP) is 3.82. The number of rotatable bonds is 8. The molecule has 1 aliphatic rings. The monoisotopic (exact) mass is 468 g/mol. The number of benzene rings is 2. The summed E-state index contributed by atoms with van der Waals surface area (Å²) in [6, 6.07) is 8.79. The first-order valence-electron chi connectivity index (χ1n) is 9.60. The number of nitrogens with one attached hydrogen (secondary N) is 2. The third-order valence-electron chi connectivity index (χ3n) is 4.75. The summed E-state index contributed by atoms with van der Waals surface area (Å²) in [4.78, 5) is 4.26. The summed E-state index contributed by atoms with van der Waals surface area (Å²) in [5.74, 6) is 0.705. The van der Waals surface area contributed by atoms with Crippen LogP contribution in [0.3, 0.4) is 0 Å². The Bertz CT molecular complexity index is 1210. The molecule has 0 unspecified atom stereocenters. The second-order valence-corrected chi connectivity index (χ2v) is 8.91. The average molecular weight is 468 g/mol. The van der Waals surface area contributed by atoms with Crippen molar-refractivity contribution in [1.29, 1.82) is 0 Å². The average Bonchev–Trinajstić information content (AvgIpc) is 3.43. The number of halogens is 3. The standard InChI is InChI=1S/C20H19F3N4O4S/c1-30-17-9-8-15(32(28,29)27-14-6-7-14)10-16(17)24-11-18-25-19(26-31-18)12-2-4-13(5-3-12)20(21,22)23/h2-5,8-10,14,24,27H,6-7,11H2,1H3. The van der Waals surface area contributed by atoms with Crippen molar-refractivity contribution < 1.29 is 30.8 Å². The number of methoxy groups -OCH3 is 1. The molecule has 2 aromatic carbocycles. The molecule has 0 aliphatic heterocycles. The molecule has 0 radical (unpaired) electrons. The van der Waals surface area contributed by atoms with Crippen molar-refractivity contribution >= 4 is 15.7 Å². The van der Waals surface area contributed by atoms with Gasteiger partial charge in [-0.15, -0.1) is 0 Å². The highest BCUT2D eigenvalue weighted by atomic mass is 32.2. The van der Waals surface area contributed by atoms with Crippen molar-refractivity contribution in [3.8, 4) is 17.1 Å². The van der Waals surface area contributed by atoms with Gasteiger partial charge in [0.05, 0.1) is 29.8 Å². The minimum absolute atomic E-state index is 0.0273. The van der Waals surface area contributed by atoms with E-state index in [1.54, 1.807) is 0 Å². The number of alkyl halides is 3. The first kappa shape index (κ1) is 22.1. The molecule has 0 amide bonds. The molecular weight excluding hydrogens is 449 g/mol. The number of hydrogen-bond donors (Lipinski definition) is 2. The lowest BCUT2D eigenvalue weighted by atomic mass is 10.1. The largest absolute Gasteiger partial charge is 0.495 e. The minimum Gasteiger partial charge on any atom is -0.495 e. The summed E-state index contributed by atoms with van der Waals surface area (Å²) in [6.07, 6.45) is -2.79. The minimum atomic E-state index is -4.43. The molecule has 3 aromatic rings. The lowest BCUT2D eigenvalue weighted by Gasteiger charge is -2.12. The van der Waals surface area contributed by atoms with Crippen molar-refractivity contribution in [2.24, 2.45) is 0 Å². The van der Waals surface area contributed by atoms with E-state index in [9.17, 15) is 21.6 Å². The van der Waals surface area contributed by atoms with Gasteiger partial charge in [-0.25, -0.2) is 13.1 Å². The molecular formula is C20H19F3N4O4S. The Morgan fingerprint density at radius 2 is 1.88 bits per heavy atom. The normalized spacial score (nSPS) is 14.4. The molecule has 1 fully saturated rings. The number of sulfonamides is 1. The number of anilines is 1. The number of aromatic nitrogens is 2. The Morgan fingerprint density at radius 3 is 2.50 bits per heavy atom. The van der Waals surface area contributed by atoms with Gasteiger partial charge in [-0.05, 0) is 43.2 Å². The third kappa shape index (κ3) is 5.02. The molecule has 2 N–H and O–H groups in total. The number of hydrogen-bond acceptors (Lipinski definition) is 7. The Hall–Kier alpha value is -3.12. The van der Waals surface area contributed by atoms with E-state index in [0.717, 1.165) is 25.0 Å². The van der Waals surface area contributed by atoms with Gasteiger partial charge < -0.3 is 14.6 Å². The molecule has 170 valence electrons. The zero-order chi connectivity index (χ0) is 22.9. The molecule has 1 saturated carbocycles. The third-order valence-corrected chi connectivity index (χ3v) is 6.27. The molecule has 4 rings (SSSR count). The highest BCUT2D eigenvalue weighted by Crippen LogP contribution is 2.31. The summed E-state index contributed by atoms with van der Waals surface area (Å²) < 4.78 is 76.1. The van der Waals surface area contributed by atoms with E-state index in [1.165, 1.54) is 37.4 Å². The van der Waals surface area contributed by atoms with Gasteiger partial charge in [-0.2, -0.15) is 18.2 Å². The van der Waals surface area contributed by atoms with Crippen molar-refractivity contribution in [1.82, 2.24) is 14.9 Å². The van der Waals surface area contributed by atoms with Crippen LogP contribution >= 0.6 is 0 Å². The Morgan fingerprint density at radius 1 is 1.16 bits per heavy atom. The van der Waals surface area contributed by atoms with Crippen LogP contribution in [0.5, 0.6) is 5.75 Å². The Balaban J connectivity index is 1.48. The highest BCUT2D eigenvalue weighted by molar-refractivity contribution is 7.89. The van der Waals surface area contributed by atoms with Crippen LogP contribution in [0.2, 0.25) is 0 Å². The van der Waals surface area contributed by atoms with Crippen LogP contribution < -0.4 is 14.8 Å². The van der Waals surface area contributed by atoms with E-state index >= 15 is 0 Å². The van der Waals surface area contributed by atoms with Crippen LogP contribution in [-0.4, -0.2) is 31.7 Å². The zero-order valence-corrected chi connectivity index (χ0v) is 17.6. The van der Waals surface area contributed by atoms with Gasteiger partial charge in [0.15, 0.2) is 0 Å². The maximum Gasteiger partial charge on any atom is 0.416 e. The van der Waals surface area contributed by atoms with Gasteiger partial charge in [0.2, 0.25) is 21.7 Å². The fourth-order valence-corrected chi connectivity index (χ4v) is 4.23. The number of nitrogens with zero attached hydrogens (tertiary/aromatic N) is 2. The molecule has 8 nitrogen and oxygen atoms in total. The first-order valence-corrected chi connectivity index (χ1v) is 11.1. The van der Waals surface area contributed by atoms with Crippen molar-refractivity contribution in [3.05, 3.63) is 53.9 Å². The van der Waals surface area contributed by atoms with Crippen LogP contribution in [0.1, 0.15) is 24.3 Å². The molecule has 1 heterocycles. The SMILES string of the molecule is COc1ccc(S(=O)(=O)NC2CC2)cc1NCc1nc(-c2ccc(C(F)(F)F)cc2)no1. The fraction of sp³-hybridized carbons (Fsp3) is 0.300. The van der Waals surface area contributed by atoms with Crippen molar-refractivity contribution in [2.75, 3.05) is 12.4 Å². The molecule has 12 heteroatoms. The lowest BCUT2D eigenvalue weighted by molar-refractivity contribution is -0.137. The highest BCUT2D eigenvalue weighted by Gasteiger charge is 2.30. The Labute approximate surface area is 181 Å². The van der Waals surface area contributed by atoms with Crippen LogP contribution in [0.4, 0.5) is 18.9 Å². The van der Waals surface area contributed by atoms with Crippen LogP contribution in [0, 0.1) is 0 Å². The summed E-state index contributed by atoms with van der Waals surface area (Å²) in [7, 11) is -2.20. The van der Waals surface area contributed by atoms with Gasteiger partial charge in [-0.1, -0.05) is 17.3 Å². The van der Waals surface area contributed by atoms with Gasteiger partial charge in [-0.3, -0.25) is 0 Å². The Kier molecular flexibility index (Phi) is 5.82.